The van der Waals surface area contributed by atoms with Crippen LogP contribution in [0.5, 0.6) is 0 Å². The van der Waals surface area contributed by atoms with Crippen LogP contribution in [0, 0.1) is 10.1 Å². The summed E-state index contributed by atoms with van der Waals surface area (Å²) in [6.07, 6.45) is 4.76. The Labute approximate surface area is 120 Å². The Kier molecular flexibility index (Phi) is 3.34. The van der Waals surface area contributed by atoms with Gasteiger partial charge in [-0.2, -0.15) is 0 Å². The summed E-state index contributed by atoms with van der Waals surface area (Å²) in [5, 5.41) is 11.2. The summed E-state index contributed by atoms with van der Waals surface area (Å²) in [5.74, 6) is 0. The van der Waals surface area contributed by atoms with Crippen molar-refractivity contribution in [1.82, 2.24) is 15.0 Å². The predicted molar refractivity (Wildman–Crippen MR) is 77.4 cm³/mol. The summed E-state index contributed by atoms with van der Waals surface area (Å²) >= 11 is 0. The van der Waals surface area contributed by atoms with E-state index in [9.17, 15) is 10.1 Å². The summed E-state index contributed by atoms with van der Waals surface area (Å²) < 4.78 is 0. The molecule has 0 aliphatic rings. The van der Waals surface area contributed by atoms with E-state index in [2.05, 4.69) is 15.0 Å². The van der Waals surface area contributed by atoms with Gasteiger partial charge >= 0.3 is 0 Å². The number of nitro groups is 1. The first-order chi connectivity index (χ1) is 10.3. The van der Waals surface area contributed by atoms with Gasteiger partial charge in [0.25, 0.3) is 5.69 Å². The van der Waals surface area contributed by atoms with Crippen molar-refractivity contribution in [2.75, 3.05) is 0 Å². The zero-order valence-corrected chi connectivity index (χ0v) is 10.9. The summed E-state index contributed by atoms with van der Waals surface area (Å²) in [6.45, 7) is 0. The molecule has 0 N–H and O–H groups in total. The first-order valence-corrected chi connectivity index (χ1v) is 6.23. The number of rotatable bonds is 3. The average molecular weight is 278 g/mol. The van der Waals surface area contributed by atoms with Crippen LogP contribution < -0.4 is 0 Å². The van der Waals surface area contributed by atoms with Crippen LogP contribution in [0.4, 0.5) is 5.69 Å². The van der Waals surface area contributed by atoms with Gasteiger partial charge in [-0.1, -0.05) is 6.07 Å². The van der Waals surface area contributed by atoms with Crippen molar-refractivity contribution in [3.8, 4) is 22.6 Å². The number of nitrogens with zero attached hydrogens (tertiary/aromatic N) is 4. The average Bonchev–Trinajstić information content (AvgIpc) is 2.55. The van der Waals surface area contributed by atoms with Crippen molar-refractivity contribution < 1.29 is 4.92 Å². The fourth-order valence-corrected chi connectivity index (χ4v) is 2.05. The molecule has 0 amide bonds. The Morgan fingerprint density at radius 2 is 1.52 bits per heavy atom. The van der Waals surface area contributed by atoms with Crippen LogP contribution >= 0.6 is 0 Å². The number of pyridine rings is 3. The van der Waals surface area contributed by atoms with E-state index in [1.165, 1.54) is 18.3 Å². The smallest absolute Gasteiger partial charge is 0.258 e. The molecule has 0 aliphatic carbocycles. The van der Waals surface area contributed by atoms with Gasteiger partial charge in [-0.05, 0) is 30.3 Å². The molecule has 0 spiro atoms. The van der Waals surface area contributed by atoms with Crippen molar-refractivity contribution in [1.29, 1.82) is 0 Å². The summed E-state index contributed by atoms with van der Waals surface area (Å²) in [6, 6.07) is 12.0. The van der Waals surface area contributed by atoms with E-state index in [0.717, 1.165) is 0 Å². The van der Waals surface area contributed by atoms with Crippen molar-refractivity contribution in [3.63, 3.8) is 0 Å². The van der Waals surface area contributed by atoms with Gasteiger partial charge in [-0.25, -0.2) is 4.98 Å². The first kappa shape index (κ1) is 12.9. The minimum Gasteiger partial charge on any atom is -0.258 e. The van der Waals surface area contributed by atoms with E-state index in [1.54, 1.807) is 18.5 Å². The quantitative estimate of drug-likeness (QED) is 0.543. The molecule has 0 radical (unpaired) electrons. The van der Waals surface area contributed by atoms with Gasteiger partial charge in [0.2, 0.25) is 0 Å². The number of aromatic nitrogens is 3. The Balaban J connectivity index is 2.24. The normalized spacial score (nSPS) is 10.3. The lowest BCUT2D eigenvalue weighted by Crippen LogP contribution is -1.98. The molecule has 0 aliphatic heterocycles. The number of hydrogen-bond acceptors (Lipinski definition) is 5. The predicted octanol–water partition coefficient (Wildman–Crippen LogP) is 3.11. The minimum atomic E-state index is -0.459. The molecule has 3 rings (SSSR count). The maximum absolute atomic E-state index is 11.2. The molecule has 0 saturated heterocycles. The molecule has 102 valence electrons. The molecule has 3 heterocycles. The van der Waals surface area contributed by atoms with Crippen molar-refractivity contribution in [2.45, 2.75) is 0 Å². The third-order valence-corrected chi connectivity index (χ3v) is 2.96. The van der Waals surface area contributed by atoms with Gasteiger partial charge in [0.05, 0.1) is 10.6 Å². The van der Waals surface area contributed by atoms with Crippen LogP contribution in [0.15, 0.2) is 61.1 Å². The van der Waals surface area contributed by atoms with Gasteiger partial charge in [0.1, 0.15) is 5.69 Å². The van der Waals surface area contributed by atoms with Gasteiger partial charge in [-0.15, -0.1) is 0 Å². The minimum absolute atomic E-state index is 0.0756. The highest BCUT2D eigenvalue weighted by atomic mass is 16.6. The second kappa shape index (κ2) is 5.46. The highest BCUT2D eigenvalue weighted by Crippen LogP contribution is 2.32. The zero-order valence-electron chi connectivity index (χ0n) is 10.9. The molecule has 0 fully saturated rings. The Hall–Kier alpha value is -3.15. The molecule has 6 heteroatoms. The molecule has 0 atom stereocenters. The van der Waals surface area contributed by atoms with Crippen LogP contribution in [0.1, 0.15) is 0 Å². The Morgan fingerprint density at radius 3 is 2.24 bits per heavy atom. The SMILES string of the molecule is O=[N+]([O-])c1cccnc1-c1ncccc1-c1ccccn1. The molecule has 3 aromatic rings. The molecule has 0 aromatic carbocycles. The van der Waals surface area contributed by atoms with E-state index in [0.29, 0.717) is 17.0 Å². The standard InChI is InChI=1S/C15H10N4O2/c20-19(21)13-7-4-10-18-15(13)14-11(5-3-9-17-14)12-6-1-2-8-16-12/h1-10H. The Morgan fingerprint density at radius 1 is 0.810 bits per heavy atom. The first-order valence-electron chi connectivity index (χ1n) is 6.23. The van der Waals surface area contributed by atoms with E-state index < -0.39 is 4.92 Å². The van der Waals surface area contributed by atoms with Crippen LogP contribution in [0.2, 0.25) is 0 Å². The summed E-state index contributed by atoms with van der Waals surface area (Å²) in [4.78, 5) is 23.4. The molecular weight excluding hydrogens is 268 g/mol. The van der Waals surface area contributed by atoms with Gasteiger partial charge in [0.15, 0.2) is 5.69 Å². The highest BCUT2D eigenvalue weighted by molar-refractivity contribution is 5.80. The Bertz CT molecular complexity index is 790. The van der Waals surface area contributed by atoms with Crippen LogP contribution in [-0.2, 0) is 0 Å². The summed E-state index contributed by atoms with van der Waals surface area (Å²) in [5.41, 5.74) is 2.01. The van der Waals surface area contributed by atoms with Crippen LogP contribution in [0.3, 0.4) is 0 Å². The summed E-state index contributed by atoms with van der Waals surface area (Å²) in [7, 11) is 0. The van der Waals surface area contributed by atoms with E-state index in [4.69, 9.17) is 0 Å². The number of hydrogen-bond donors (Lipinski definition) is 0. The lowest BCUT2D eigenvalue weighted by atomic mass is 10.1. The zero-order chi connectivity index (χ0) is 14.7. The third kappa shape index (κ3) is 2.46. The van der Waals surface area contributed by atoms with Gasteiger partial charge < -0.3 is 0 Å². The molecular formula is C15H10N4O2. The van der Waals surface area contributed by atoms with E-state index in [-0.39, 0.29) is 11.4 Å². The molecule has 21 heavy (non-hydrogen) atoms. The lowest BCUT2D eigenvalue weighted by Gasteiger charge is -2.07. The molecule has 0 saturated carbocycles. The third-order valence-electron chi connectivity index (χ3n) is 2.96. The van der Waals surface area contributed by atoms with Crippen molar-refractivity contribution in [2.24, 2.45) is 0 Å². The molecule has 0 unspecified atom stereocenters. The highest BCUT2D eigenvalue weighted by Gasteiger charge is 2.20. The fraction of sp³-hybridized carbons (Fsp3) is 0. The van der Waals surface area contributed by atoms with E-state index in [1.807, 2.05) is 24.3 Å². The van der Waals surface area contributed by atoms with Crippen LogP contribution in [-0.4, -0.2) is 19.9 Å². The van der Waals surface area contributed by atoms with E-state index >= 15 is 0 Å². The monoisotopic (exact) mass is 278 g/mol. The van der Waals surface area contributed by atoms with Crippen molar-refractivity contribution in [3.05, 3.63) is 71.2 Å². The lowest BCUT2D eigenvalue weighted by molar-refractivity contribution is -0.384. The van der Waals surface area contributed by atoms with Crippen molar-refractivity contribution >= 4 is 5.69 Å². The maximum atomic E-state index is 11.2. The fourth-order valence-electron chi connectivity index (χ4n) is 2.05. The maximum Gasteiger partial charge on any atom is 0.297 e. The molecule has 0 bridgehead atoms. The van der Waals surface area contributed by atoms with Gasteiger partial charge in [-0.3, -0.25) is 20.1 Å². The molecule has 6 nitrogen and oxygen atoms in total. The second-order valence-electron chi connectivity index (χ2n) is 4.24. The topological polar surface area (TPSA) is 81.8 Å². The van der Waals surface area contributed by atoms with Gasteiger partial charge in [0, 0.05) is 30.2 Å². The largest absolute Gasteiger partial charge is 0.297 e. The van der Waals surface area contributed by atoms with Crippen LogP contribution in [0.25, 0.3) is 22.6 Å². The molecule has 3 aromatic heterocycles. The second-order valence-corrected chi connectivity index (χ2v) is 4.24.